The molecule has 2 heterocycles. The second-order valence-electron chi connectivity index (χ2n) is 9.09. The Hall–Kier alpha value is -3.97. The van der Waals surface area contributed by atoms with Gasteiger partial charge in [-0.3, -0.25) is 9.69 Å². The van der Waals surface area contributed by atoms with E-state index in [0.717, 1.165) is 30.0 Å². The highest BCUT2D eigenvalue weighted by Crippen LogP contribution is 2.25. The number of rotatable bonds is 7. The van der Waals surface area contributed by atoms with Gasteiger partial charge in [-0.25, -0.2) is 0 Å². The standard InChI is InChI=1S/C29H30N4O3/c1-21-12-14-23(15-13-21)27-30-28(36-31-27)22(2)32-16-18-33(19-17-32)29(34)26-11-7-6-8-24(26)20-35-25-9-4-3-5-10-25/h3-15,22H,16-20H2,1-2H3. The van der Waals surface area contributed by atoms with Crippen LogP contribution in [-0.2, 0) is 6.61 Å². The summed E-state index contributed by atoms with van der Waals surface area (Å²) < 4.78 is 11.5. The van der Waals surface area contributed by atoms with Crippen LogP contribution in [0.4, 0.5) is 0 Å². The first kappa shape index (κ1) is 23.8. The van der Waals surface area contributed by atoms with Crippen LogP contribution in [-0.4, -0.2) is 52.0 Å². The van der Waals surface area contributed by atoms with Crippen LogP contribution in [0.2, 0.25) is 0 Å². The highest BCUT2D eigenvalue weighted by molar-refractivity contribution is 5.95. The lowest BCUT2D eigenvalue weighted by Gasteiger charge is -2.37. The number of benzene rings is 3. The molecule has 5 rings (SSSR count). The van der Waals surface area contributed by atoms with Crippen molar-refractivity contribution in [2.75, 3.05) is 26.2 Å². The largest absolute Gasteiger partial charge is 0.489 e. The normalized spacial score (nSPS) is 15.0. The van der Waals surface area contributed by atoms with E-state index in [-0.39, 0.29) is 11.9 Å². The molecule has 1 atom stereocenters. The molecule has 36 heavy (non-hydrogen) atoms. The lowest BCUT2D eigenvalue weighted by molar-refractivity contribution is 0.0549. The third-order valence-corrected chi connectivity index (χ3v) is 6.64. The summed E-state index contributed by atoms with van der Waals surface area (Å²) in [5, 5.41) is 4.17. The van der Waals surface area contributed by atoms with Crippen molar-refractivity contribution in [1.82, 2.24) is 19.9 Å². The lowest BCUT2D eigenvalue weighted by Crippen LogP contribution is -2.49. The Kier molecular flexibility index (Phi) is 7.09. The van der Waals surface area contributed by atoms with E-state index < -0.39 is 0 Å². The second-order valence-corrected chi connectivity index (χ2v) is 9.09. The molecule has 1 unspecified atom stereocenters. The number of carbonyl (C=O) groups is 1. The van der Waals surface area contributed by atoms with E-state index in [4.69, 9.17) is 9.26 Å². The SMILES string of the molecule is Cc1ccc(-c2noc(C(C)N3CCN(C(=O)c4ccccc4COc4ccccc4)CC3)n2)cc1. The first-order valence-electron chi connectivity index (χ1n) is 12.3. The summed E-state index contributed by atoms with van der Waals surface area (Å²) in [4.78, 5) is 22.2. The first-order chi connectivity index (χ1) is 17.6. The number of amides is 1. The molecule has 1 aliphatic heterocycles. The van der Waals surface area contributed by atoms with Crippen molar-refractivity contribution in [2.45, 2.75) is 26.5 Å². The highest BCUT2D eigenvalue weighted by Gasteiger charge is 2.29. The number of aromatic nitrogens is 2. The van der Waals surface area contributed by atoms with Crippen molar-refractivity contribution in [3.05, 3.63) is 101 Å². The van der Waals surface area contributed by atoms with Crippen molar-refractivity contribution in [2.24, 2.45) is 0 Å². The predicted octanol–water partition coefficient (Wildman–Crippen LogP) is 5.14. The number of ether oxygens (including phenoxy) is 1. The van der Waals surface area contributed by atoms with Gasteiger partial charge in [-0.05, 0) is 32.0 Å². The Labute approximate surface area is 211 Å². The van der Waals surface area contributed by atoms with Gasteiger partial charge >= 0.3 is 0 Å². The van der Waals surface area contributed by atoms with E-state index in [1.807, 2.05) is 83.8 Å². The average molecular weight is 483 g/mol. The molecule has 0 saturated carbocycles. The number of piperazine rings is 1. The van der Waals surface area contributed by atoms with Gasteiger partial charge in [0.15, 0.2) is 0 Å². The van der Waals surface area contributed by atoms with E-state index in [1.54, 1.807) is 0 Å². The molecule has 0 aliphatic carbocycles. The van der Waals surface area contributed by atoms with Crippen LogP contribution < -0.4 is 4.74 Å². The van der Waals surface area contributed by atoms with Gasteiger partial charge in [0.25, 0.3) is 5.91 Å². The maximum Gasteiger partial charge on any atom is 0.254 e. The third kappa shape index (κ3) is 5.31. The Morgan fingerprint density at radius 1 is 0.944 bits per heavy atom. The molecule has 4 aromatic rings. The summed E-state index contributed by atoms with van der Waals surface area (Å²) in [6.07, 6.45) is 0. The smallest absolute Gasteiger partial charge is 0.254 e. The molecule has 0 radical (unpaired) electrons. The summed E-state index contributed by atoms with van der Waals surface area (Å²) in [6, 6.07) is 25.4. The van der Waals surface area contributed by atoms with Crippen molar-refractivity contribution >= 4 is 5.91 Å². The Bertz CT molecular complexity index is 1300. The molecule has 1 saturated heterocycles. The number of nitrogens with zero attached hydrogens (tertiary/aromatic N) is 4. The van der Waals surface area contributed by atoms with E-state index in [2.05, 4.69) is 28.9 Å². The Morgan fingerprint density at radius 2 is 1.64 bits per heavy atom. The fraction of sp³-hybridized carbons (Fsp3) is 0.276. The molecule has 1 fully saturated rings. The molecule has 7 heteroatoms. The number of carbonyl (C=O) groups excluding carboxylic acids is 1. The second kappa shape index (κ2) is 10.7. The monoisotopic (exact) mass is 482 g/mol. The van der Waals surface area contributed by atoms with E-state index >= 15 is 0 Å². The fourth-order valence-corrected chi connectivity index (χ4v) is 4.40. The fourth-order valence-electron chi connectivity index (χ4n) is 4.40. The molecule has 1 aromatic heterocycles. The number of hydrogen-bond acceptors (Lipinski definition) is 6. The van der Waals surface area contributed by atoms with Crippen LogP contribution in [0.25, 0.3) is 11.4 Å². The van der Waals surface area contributed by atoms with E-state index in [9.17, 15) is 4.79 Å². The topological polar surface area (TPSA) is 71.7 Å². The van der Waals surface area contributed by atoms with Crippen molar-refractivity contribution in [3.63, 3.8) is 0 Å². The molecular weight excluding hydrogens is 452 g/mol. The van der Waals surface area contributed by atoms with Crippen LogP contribution in [0.15, 0.2) is 83.4 Å². The van der Waals surface area contributed by atoms with Crippen molar-refractivity contribution in [1.29, 1.82) is 0 Å². The maximum absolute atomic E-state index is 13.4. The minimum atomic E-state index is -0.0273. The summed E-state index contributed by atoms with van der Waals surface area (Å²) >= 11 is 0. The van der Waals surface area contributed by atoms with Gasteiger partial charge in [-0.15, -0.1) is 0 Å². The molecule has 184 valence electrons. The minimum absolute atomic E-state index is 0.0273. The molecule has 7 nitrogen and oxygen atoms in total. The Morgan fingerprint density at radius 3 is 2.39 bits per heavy atom. The third-order valence-electron chi connectivity index (χ3n) is 6.64. The summed E-state index contributed by atoms with van der Waals surface area (Å²) in [6.45, 7) is 7.21. The van der Waals surface area contributed by atoms with E-state index in [0.29, 0.717) is 37.0 Å². The zero-order valence-electron chi connectivity index (χ0n) is 20.6. The van der Waals surface area contributed by atoms with Gasteiger partial charge in [0.2, 0.25) is 11.7 Å². The molecule has 0 N–H and O–H groups in total. The van der Waals surface area contributed by atoms with Gasteiger partial charge in [-0.1, -0.05) is 71.4 Å². The minimum Gasteiger partial charge on any atom is -0.489 e. The summed E-state index contributed by atoms with van der Waals surface area (Å²) in [5.41, 5.74) is 3.70. The zero-order valence-corrected chi connectivity index (χ0v) is 20.6. The van der Waals surface area contributed by atoms with Crippen LogP contribution in [0.1, 0.15) is 40.3 Å². The van der Waals surface area contributed by atoms with Gasteiger partial charge in [0, 0.05) is 42.9 Å². The van der Waals surface area contributed by atoms with Crippen molar-refractivity contribution < 1.29 is 14.1 Å². The molecular formula is C29H30N4O3. The summed E-state index contributed by atoms with van der Waals surface area (Å²) in [7, 11) is 0. The van der Waals surface area contributed by atoms with Crippen LogP contribution in [0.3, 0.4) is 0 Å². The maximum atomic E-state index is 13.4. The molecule has 0 bridgehead atoms. The molecule has 1 aliphatic rings. The van der Waals surface area contributed by atoms with Crippen LogP contribution in [0, 0.1) is 6.92 Å². The van der Waals surface area contributed by atoms with Crippen LogP contribution >= 0.6 is 0 Å². The lowest BCUT2D eigenvalue weighted by atomic mass is 10.1. The number of hydrogen-bond donors (Lipinski definition) is 0. The van der Waals surface area contributed by atoms with E-state index in [1.165, 1.54) is 5.56 Å². The van der Waals surface area contributed by atoms with Gasteiger partial charge in [0.05, 0.1) is 6.04 Å². The molecule has 1 amide bonds. The number of para-hydroxylation sites is 1. The van der Waals surface area contributed by atoms with Crippen molar-refractivity contribution in [3.8, 4) is 17.1 Å². The van der Waals surface area contributed by atoms with Gasteiger partial charge < -0.3 is 14.2 Å². The first-order valence-corrected chi connectivity index (χ1v) is 12.3. The van der Waals surface area contributed by atoms with Gasteiger partial charge in [-0.2, -0.15) is 4.98 Å². The zero-order chi connectivity index (χ0) is 24.9. The number of aryl methyl sites for hydroxylation is 1. The van der Waals surface area contributed by atoms with Crippen LogP contribution in [0.5, 0.6) is 5.75 Å². The average Bonchev–Trinajstić information content (AvgIpc) is 3.43. The summed E-state index contributed by atoms with van der Waals surface area (Å²) in [5.74, 6) is 2.01. The predicted molar refractivity (Wildman–Crippen MR) is 138 cm³/mol. The Balaban J connectivity index is 1.20. The molecule has 0 spiro atoms. The van der Waals surface area contributed by atoms with Gasteiger partial charge in [0.1, 0.15) is 12.4 Å². The quantitative estimate of drug-likeness (QED) is 0.363. The molecule has 3 aromatic carbocycles. The highest BCUT2D eigenvalue weighted by atomic mass is 16.5.